The van der Waals surface area contributed by atoms with Crippen LogP contribution in [0.3, 0.4) is 0 Å². The van der Waals surface area contributed by atoms with Crippen molar-refractivity contribution >= 4 is 22.9 Å². The zero-order chi connectivity index (χ0) is 20.4. The van der Waals surface area contributed by atoms with Crippen LogP contribution in [0, 0.1) is 0 Å². The van der Waals surface area contributed by atoms with E-state index >= 15 is 0 Å². The summed E-state index contributed by atoms with van der Waals surface area (Å²) in [6.45, 7) is 4.37. The van der Waals surface area contributed by atoms with Crippen molar-refractivity contribution in [1.29, 1.82) is 0 Å². The number of ether oxygens (including phenoxy) is 1. The van der Waals surface area contributed by atoms with Gasteiger partial charge in [0.25, 0.3) is 0 Å². The van der Waals surface area contributed by atoms with Crippen molar-refractivity contribution < 1.29 is 4.74 Å². The highest BCUT2D eigenvalue weighted by atomic mass is 16.5. The largest absolute Gasteiger partial charge is 0.378 e. The van der Waals surface area contributed by atoms with E-state index in [4.69, 9.17) is 14.7 Å². The predicted octanol–water partition coefficient (Wildman–Crippen LogP) is 0.688. The molecule has 4 rings (SSSR count). The van der Waals surface area contributed by atoms with Gasteiger partial charge < -0.3 is 19.1 Å². The lowest BCUT2D eigenvalue weighted by atomic mass is 10.3. The monoisotopic (exact) mass is 397 g/mol. The van der Waals surface area contributed by atoms with Crippen LogP contribution in [-0.4, -0.2) is 81.8 Å². The van der Waals surface area contributed by atoms with Crippen molar-refractivity contribution in [2.45, 2.75) is 13.1 Å². The molecule has 0 aromatic carbocycles. The fourth-order valence-corrected chi connectivity index (χ4v) is 3.37. The summed E-state index contributed by atoms with van der Waals surface area (Å²) < 4.78 is 7.43. The Hall–Kier alpha value is -2.85. The molecule has 0 atom stereocenters. The van der Waals surface area contributed by atoms with Crippen LogP contribution in [0.2, 0.25) is 0 Å². The minimum Gasteiger partial charge on any atom is -0.378 e. The molecule has 0 unspecified atom stereocenters. The summed E-state index contributed by atoms with van der Waals surface area (Å²) in [4.78, 5) is 29.2. The predicted molar refractivity (Wildman–Crippen MR) is 111 cm³/mol. The molecule has 1 saturated heterocycles. The average Bonchev–Trinajstić information content (AvgIpc) is 3.09. The van der Waals surface area contributed by atoms with Crippen LogP contribution in [0.5, 0.6) is 0 Å². The molecule has 1 aliphatic heterocycles. The molecule has 0 amide bonds. The first-order valence-corrected chi connectivity index (χ1v) is 9.68. The van der Waals surface area contributed by atoms with Gasteiger partial charge in [-0.1, -0.05) is 0 Å². The van der Waals surface area contributed by atoms with E-state index in [1.165, 1.54) is 0 Å². The molecule has 154 valence electrons. The van der Waals surface area contributed by atoms with Crippen LogP contribution in [0.25, 0.3) is 11.2 Å². The van der Waals surface area contributed by atoms with Crippen LogP contribution >= 0.6 is 0 Å². The van der Waals surface area contributed by atoms with E-state index in [0.717, 1.165) is 41.5 Å². The van der Waals surface area contributed by atoms with Gasteiger partial charge in [0.1, 0.15) is 5.82 Å². The zero-order valence-corrected chi connectivity index (χ0v) is 17.4. The van der Waals surface area contributed by atoms with E-state index in [1.54, 1.807) is 6.33 Å². The molecule has 0 radical (unpaired) electrons. The second-order valence-electron chi connectivity index (χ2n) is 7.55. The standard InChI is InChI=1S/C19H27N9O/c1-25(2)19-20-9-14(10-21-19)11-26(3)12-15-23-17-16(22-13-27(17)4)18(24-15)28-5-7-29-8-6-28/h9-10,13H,5-8,11-12H2,1-4H3. The van der Waals surface area contributed by atoms with Gasteiger partial charge in [-0.2, -0.15) is 0 Å². The molecule has 4 heterocycles. The number of aryl methyl sites for hydroxylation is 1. The third-order valence-corrected chi connectivity index (χ3v) is 4.85. The number of morpholine rings is 1. The van der Waals surface area contributed by atoms with E-state index in [-0.39, 0.29) is 0 Å². The third-order valence-electron chi connectivity index (χ3n) is 4.85. The molecule has 0 aliphatic carbocycles. The van der Waals surface area contributed by atoms with Crippen LogP contribution < -0.4 is 9.80 Å². The lowest BCUT2D eigenvalue weighted by Gasteiger charge is -2.28. The third kappa shape index (κ3) is 4.28. The maximum atomic E-state index is 5.49. The van der Waals surface area contributed by atoms with Crippen LogP contribution in [0.4, 0.5) is 11.8 Å². The quantitative estimate of drug-likeness (QED) is 0.596. The normalized spacial score (nSPS) is 14.7. The Kier molecular flexibility index (Phi) is 5.54. The van der Waals surface area contributed by atoms with E-state index in [0.29, 0.717) is 32.3 Å². The number of rotatable bonds is 6. The summed E-state index contributed by atoms with van der Waals surface area (Å²) >= 11 is 0. The van der Waals surface area contributed by atoms with Gasteiger partial charge in [0.2, 0.25) is 5.95 Å². The first-order chi connectivity index (χ1) is 14.0. The number of imidazole rings is 1. The molecular formula is C19H27N9O. The second kappa shape index (κ2) is 8.26. The van der Waals surface area contributed by atoms with Gasteiger partial charge in [-0.05, 0) is 7.05 Å². The molecule has 0 N–H and O–H groups in total. The Morgan fingerprint density at radius 2 is 1.72 bits per heavy atom. The molecule has 1 aliphatic rings. The van der Waals surface area contributed by atoms with Crippen molar-refractivity contribution in [1.82, 2.24) is 34.4 Å². The molecule has 10 heteroatoms. The van der Waals surface area contributed by atoms with E-state index < -0.39 is 0 Å². The van der Waals surface area contributed by atoms with Gasteiger partial charge in [0, 0.05) is 58.7 Å². The minimum atomic E-state index is 0.619. The molecule has 3 aromatic heterocycles. The molecule has 0 bridgehead atoms. The SMILES string of the molecule is CN(Cc1cnc(N(C)C)nc1)Cc1nc(N2CCOCC2)c2ncn(C)c2n1. The highest BCUT2D eigenvalue weighted by molar-refractivity contribution is 5.83. The maximum Gasteiger partial charge on any atom is 0.224 e. The zero-order valence-electron chi connectivity index (χ0n) is 17.4. The molecule has 0 saturated carbocycles. The maximum absolute atomic E-state index is 5.49. The van der Waals surface area contributed by atoms with E-state index in [2.05, 4.69) is 24.8 Å². The van der Waals surface area contributed by atoms with Crippen LogP contribution in [0.1, 0.15) is 11.4 Å². The number of fused-ring (bicyclic) bond motifs is 1. The molecule has 1 fully saturated rings. The number of hydrogen-bond donors (Lipinski definition) is 0. The minimum absolute atomic E-state index is 0.619. The van der Waals surface area contributed by atoms with Gasteiger partial charge in [-0.15, -0.1) is 0 Å². The topological polar surface area (TPSA) is 88.3 Å². The fourth-order valence-electron chi connectivity index (χ4n) is 3.37. The Balaban J connectivity index is 1.54. The Bertz CT molecular complexity index is 964. The average molecular weight is 397 g/mol. The van der Waals surface area contributed by atoms with Gasteiger partial charge in [-0.3, -0.25) is 4.90 Å². The van der Waals surface area contributed by atoms with Crippen molar-refractivity contribution in [2.75, 3.05) is 57.2 Å². The van der Waals surface area contributed by atoms with Crippen molar-refractivity contribution in [3.05, 3.63) is 30.1 Å². The number of aromatic nitrogens is 6. The lowest BCUT2D eigenvalue weighted by Crippen LogP contribution is -2.37. The number of hydrogen-bond acceptors (Lipinski definition) is 9. The van der Waals surface area contributed by atoms with Crippen LogP contribution in [0.15, 0.2) is 18.7 Å². The number of nitrogens with zero attached hydrogens (tertiary/aromatic N) is 9. The molecule has 10 nitrogen and oxygen atoms in total. The van der Waals surface area contributed by atoms with Gasteiger partial charge in [0.15, 0.2) is 17.0 Å². The fraction of sp³-hybridized carbons (Fsp3) is 0.526. The highest BCUT2D eigenvalue weighted by Crippen LogP contribution is 2.23. The van der Waals surface area contributed by atoms with E-state index in [1.807, 2.05) is 50.1 Å². The van der Waals surface area contributed by atoms with Crippen molar-refractivity contribution in [3.63, 3.8) is 0 Å². The lowest BCUT2D eigenvalue weighted by molar-refractivity contribution is 0.122. The summed E-state index contributed by atoms with van der Waals surface area (Å²) in [7, 11) is 7.87. The molecule has 3 aromatic rings. The Labute approximate surface area is 170 Å². The van der Waals surface area contributed by atoms with Gasteiger partial charge in [-0.25, -0.2) is 24.9 Å². The highest BCUT2D eigenvalue weighted by Gasteiger charge is 2.20. The van der Waals surface area contributed by atoms with Crippen LogP contribution in [-0.2, 0) is 24.9 Å². The molecule has 0 spiro atoms. The Morgan fingerprint density at radius 3 is 2.41 bits per heavy atom. The van der Waals surface area contributed by atoms with E-state index in [9.17, 15) is 0 Å². The van der Waals surface area contributed by atoms with Crippen molar-refractivity contribution in [2.24, 2.45) is 7.05 Å². The van der Waals surface area contributed by atoms with Gasteiger partial charge in [0.05, 0.1) is 26.1 Å². The summed E-state index contributed by atoms with van der Waals surface area (Å²) in [5, 5.41) is 0. The summed E-state index contributed by atoms with van der Waals surface area (Å²) in [6, 6.07) is 0. The second-order valence-corrected chi connectivity index (χ2v) is 7.55. The smallest absolute Gasteiger partial charge is 0.224 e. The molecule has 29 heavy (non-hydrogen) atoms. The first kappa shape index (κ1) is 19.5. The summed E-state index contributed by atoms with van der Waals surface area (Å²) in [5.41, 5.74) is 2.74. The summed E-state index contributed by atoms with van der Waals surface area (Å²) in [6.07, 6.45) is 5.52. The van der Waals surface area contributed by atoms with Crippen molar-refractivity contribution in [3.8, 4) is 0 Å². The number of anilines is 2. The van der Waals surface area contributed by atoms with Gasteiger partial charge >= 0.3 is 0 Å². The molecular weight excluding hydrogens is 370 g/mol. The summed E-state index contributed by atoms with van der Waals surface area (Å²) in [5.74, 6) is 2.37. The first-order valence-electron chi connectivity index (χ1n) is 9.68. The Morgan fingerprint density at radius 1 is 1.00 bits per heavy atom.